The minimum atomic E-state index is -2.92. The van der Waals surface area contributed by atoms with E-state index in [1.807, 2.05) is 0 Å². The fourth-order valence-electron chi connectivity index (χ4n) is 2.29. The van der Waals surface area contributed by atoms with E-state index < -0.39 is 24.9 Å². The number of nitrogens with zero attached hydrogens (tertiary/aromatic N) is 1. The highest BCUT2D eigenvalue weighted by molar-refractivity contribution is 5.94. The molecule has 1 N–H and O–H groups in total. The topological polar surface area (TPSA) is 49.8 Å². The van der Waals surface area contributed by atoms with Gasteiger partial charge in [-0.3, -0.25) is 4.79 Å². The minimum Gasteiger partial charge on any atom is -0.497 e. The summed E-state index contributed by atoms with van der Waals surface area (Å²) in [5.74, 6) is -3.90. The molecule has 4 nitrogen and oxygen atoms in total. The number of amides is 1. The number of piperidine rings is 1. The van der Waals surface area contributed by atoms with Crippen molar-refractivity contribution < 1.29 is 23.4 Å². The van der Waals surface area contributed by atoms with Crippen molar-refractivity contribution in [3.05, 3.63) is 29.8 Å². The number of rotatable bonds is 3. The Labute approximate surface area is 116 Å². The first kappa shape index (κ1) is 14.7. The van der Waals surface area contributed by atoms with Gasteiger partial charge in [0.2, 0.25) is 0 Å². The monoisotopic (exact) mass is 285 g/mol. The van der Waals surface area contributed by atoms with Crippen molar-refractivity contribution in [3.8, 4) is 5.75 Å². The number of methoxy groups -OCH3 is 1. The number of alkyl halides is 2. The van der Waals surface area contributed by atoms with Gasteiger partial charge in [0, 0.05) is 25.1 Å². The lowest BCUT2D eigenvalue weighted by atomic mass is 9.94. The number of halogens is 2. The van der Waals surface area contributed by atoms with Crippen LogP contribution >= 0.6 is 0 Å². The van der Waals surface area contributed by atoms with Crippen LogP contribution in [0.5, 0.6) is 5.75 Å². The van der Waals surface area contributed by atoms with Gasteiger partial charge >= 0.3 is 0 Å². The molecule has 1 fully saturated rings. The van der Waals surface area contributed by atoms with Crippen LogP contribution in [0.3, 0.4) is 0 Å². The summed E-state index contributed by atoms with van der Waals surface area (Å²) in [5, 5.41) is 9.04. The average Bonchev–Trinajstić information content (AvgIpc) is 2.46. The van der Waals surface area contributed by atoms with Crippen LogP contribution in [-0.2, 0) is 0 Å². The summed E-state index contributed by atoms with van der Waals surface area (Å²) in [6.07, 6.45) is -0.423. The van der Waals surface area contributed by atoms with Crippen molar-refractivity contribution in [1.29, 1.82) is 0 Å². The van der Waals surface area contributed by atoms with Gasteiger partial charge in [0.15, 0.2) is 0 Å². The number of likely N-dealkylation sites (tertiary alicyclic amines) is 1. The molecule has 0 aliphatic carbocycles. The van der Waals surface area contributed by atoms with Crippen molar-refractivity contribution >= 4 is 5.91 Å². The Bertz CT molecular complexity index is 493. The zero-order valence-electron chi connectivity index (χ0n) is 11.2. The SMILES string of the molecule is COc1cccc(C(=O)N2CCC(F)(F)C(CO)C2)c1. The van der Waals surface area contributed by atoms with Gasteiger partial charge in [-0.25, -0.2) is 8.78 Å². The van der Waals surface area contributed by atoms with Crippen LogP contribution in [-0.4, -0.2) is 48.6 Å². The molecule has 1 aliphatic rings. The smallest absolute Gasteiger partial charge is 0.256 e. The Morgan fingerprint density at radius 1 is 1.55 bits per heavy atom. The lowest BCUT2D eigenvalue weighted by Gasteiger charge is -2.37. The zero-order valence-corrected chi connectivity index (χ0v) is 11.2. The largest absolute Gasteiger partial charge is 0.497 e. The fourth-order valence-corrected chi connectivity index (χ4v) is 2.29. The molecule has 20 heavy (non-hydrogen) atoms. The summed E-state index contributed by atoms with van der Waals surface area (Å²) in [6, 6.07) is 6.57. The first-order valence-electron chi connectivity index (χ1n) is 6.40. The van der Waals surface area contributed by atoms with E-state index in [1.54, 1.807) is 24.3 Å². The first-order valence-corrected chi connectivity index (χ1v) is 6.40. The normalized spacial score (nSPS) is 21.6. The third-order valence-electron chi connectivity index (χ3n) is 3.58. The lowest BCUT2D eigenvalue weighted by Crippen LogP contribution is -2.50. The minimum absolute atomic E-state index is 0.0143. The van der Waals surface area contributed by atoms with Crippen LogP contribution in [0.25, 0.3) is 0 Å². The van der Waals surface area contributed by atoms with Gasteiger partial charge in [-0.1, -0.05) is 6.07 Å². The maximum atomic E-state index is 13.5. The van der Waals surface area contributed by atoms with E-state index in [0.29, 0.717) is 11.3 Å². The second-order valence-corrected chi connectivity index (χ2v) is 4.87. The molecule has 0 spiro atoms. The summed E-state index contributed by atoms with van der Waals surface area (Å²) in [5.41, 5.74) is 0.395. The Balaban J connectivity index is 2.13. The molecule has 1 heterocycles. The van der Waals surface area contributed by atoms with Gasteiger partial charge in [-0.05, 0) is 18.2 Å². The Morgan fingerprint density at radius 3 is 2.95 bits per heavy atom. The molecule has 0 bridgehead atoms. The van der Waals surface area contributed by atoms with E-state index in [4.69, 9.17) is 9.84 Å². The van der Waals surface area contributed by atoms with Crippen LogP contribution in [0.4, 0.5) is 8.78 Å². The van der Waals surface area contributed by atoms with E-state index in [2.05, 4.69) is 0 Å². The maximum absolute atomic E-state index is 13.5. The second kappa shape index (κ2) is 5.75. The maximum Gasteiger partial charge on any atom is 0.256 e. The standard InChI is InChI=1S/C14H17F2NO3/c1-20-12-4-2-3-10(7-12)13(19)17-6-5-14(15,16)11(8-17)9-18/h2-4,7,11,18H,5-6,8-9H2,1H3. The van der Waals surface area contributed by atoms with Gasteiger partial charge in [-0.2, -0.15) is 0 Å². The molecule has 0 aromatic heterocycles. The van der Waals surface area contributed by atoms with E-state index in [1.165, 1.54) is 12.0 Å². The quantitative estimate of drug-likeness (QED) is 0.921. The third kappa shape index (κ3) is 2.90. The molecule has 1 saturated heterocycles. The molecule has 110 valence electrons. The first-order chi connectivity index (χ1) is 9.47. The molecule has 1 aliphatic heterocycles. The van der Waals surface area contributed by atoms with Crippen molar-refractivity contribution in [1.82, 2.24) is 4.90 Å². The summed E-state index contributed by atoms with van der Waals surface area (Å²) in [4.78, 5) is 13.6. The molecule has 1 atom stereocenters. The fraction of sp³-hybridized carbons (Fsp3) is 0.500. The predicted molar refractivity (Wildman–Crippen MR) is 69.0 cm³/mol. The number of aliphatic hydroxyl groups excluding tert-OH is 1. The number of ether oxygens (including phenoxy) is 1. The molecule has 1 aromatic rings. The second-order valence-electron chi connectivity index (χ2n) is 4.87. The van der Waals surface area contributed by atoms with E-state index in [0.717, 1.165) is 0 Å². The number of carbonyl (C=O) groups excluding carboxylic acids is 1. The number of carbonyl (C=O) groups is 1. The van der Waals surface area contributed by atoms with Crippen molar-refractivity contribution in [2.45, 2.75) is 12.3 Å². The Kier molecular flexibility index (Phi) is 4.23. The molecule has 1 unspecified atom stereocenters. The van der Waals surface area contributed by atoms with Gasteiger partial charge in [-0.15, -0.1) is 0 Å². The van der Waals surface area contributed by atoms with Crippen molar-refractivity contribution in [2.24, 2.45) is 5.92 Å². The third-order valence-corrected chi connectivity index (χ3v) is 3.58. The van der Waals surface area contributed by atoms with E-state index in [9.17, 15) is 13.6 Å². The summed E-state index contributed by atoms with van der Waals surface area (Å²) in [6.45, 7) is -0.784. The highest BCUT2D eigenvalue weighted by Crippen LogP contribution is 2.33. The van der Waals surface area contributed by atoms with Crippen LogP contribution in [0.1, 0.15) is 16.8 Å². The average molecular weight is 285 g/mol. The van der Waals surface area contributed by atoms with Crippen molar-refractivity contribution in [2.75, 3.05) is 26.8 Å². The number of hydrogen-bond acceptors (Lipinski definition) is 3. The molecule has 2 rings (SSSR count). The number of hydrogen-bond donors (Lipinski definition) is 1. The van der Waals surface area contributed by atoms with Gasteiger partial charge < -0.3 is 14.7 Å². The van der Waals surface area contributed by atoms with Crippen LogP contribution < -0.4 is 4.74 Å². The van der Waals surface area contributed by atoms with Crippen LogP contribution in [0.2, 0.25) is 0 Å². The number of aliphatic hydroxyl groups is 1. The molecule has 6 heteroatoms. The van der Waals surface area contributed by atoms with E-state index >= 15 is 0 Å². The molecular formula is C14H17F2NO3. The summed E-state index contributed by atoms with van der Waals surface area (Å²) >= 11 is 0. The summed E-state index contributed by atoms with van der Waals surface area (Å²) in [7, 11) is 1.49. The lowest BCUT2D eigenvalue weighted by molar-refractivity contribution is -0.113. The summed E-state index contributed by atoms with van der Waals surface area (Å²) < 4.78 is 32.1. The molecule has 1 aromatic carbocycles. The molecule has 0 radical (unpaired) electrons. The Morgan fingerprint density at radius 2 is 2.30 bits per heavy atom. The molecule has 1 amide bonds. The molecule has 0 saturated carbocycles. The number of benzene rings is 1. The van der Waals surface area contributed by atoms with Gasteiger partial charge in [0.1, 0.15) is 5.75 Å². The van der Waals surface area contributed by atoms with Crippen LogP contribution in [0.15, 0.2) is 24.3 Å². The van der Waals surface area contributed by atoms with E-state index in [-0.39, 0.29) is 19.0 Å². The Hall–Kier alpha value is -1.69. The predicted octanol–water partition coefficient (Wildman–Crippen LogP) is 1.78. The zero-order chi connectivity index (χ0) is 14.8. The highest BCUT2D eigenvalue weighted by atomic mass is 19.3. The van der Waals surface area contributed by atoms with Gasteiger partial charge in [0.25, 0.3) is 11.8 Å². The van der Waals surface area contributed by atoms with Gasteiger partial charge in [0.05, 0.1) is 19.6 Å². The van der Waals surface area contributed by atoms with Crippen molar-refractivity contribution in [3.63, 3.8) is 0 Å². The van der Waals surface area contributed by atoms with Crippen LogP contribution in [0, 0.1) is 5.92 Å². The highest BCUT2D eigenvalue weighted by Gasteiger charge is 2.44. The molecular weight excluding hydrogens is 268 g/mol.